The molecule has 0 bridgehead atoms. The molecule has 4 nitrogen and oxygen atoms in total. The Morgan fingerprint density at radius 1 is 1.24 bits per heavy atom. The SMILES string of the molecule is CN(CCCc1cc(-c2cccc(F)c2)n[nH]1)CC1CCNCC1.Cl. The predicted octanol–water partition coefficient (Wildman–Crippen LogP) is 3.50. The molecule has 0 atom stereocenters. The van der Waals surface area contributed by atoms with E-state index in [0.29, 0.717) is 0 Å². The third-order valence-corrected chi connectivity index (χ3v) is 4.77. The lowest BCUT2D eigenvalue weighted by molar-refractivity contribution is 0.238. The monoisotopic (exact) mass is 366 g/mol. The third kappa shape index (κ3) is 6.10. The quantitative estimate of drug-likeness (QED) is 0.788. The van der Waals surface area contributed by atoms with Crippen LogP contribution in [-0.4, -0.2) is 48.3 Å². The van der Waals surface area contributed by atoms with Crippen molar-refractivity contribution in [3.8, 4) is 11.3 Å². The van der Waals surface area contributed by atoms with Crippen LogP contribution in [0.2, 0.25) is 0 Å². The number of rotatable bonds is 7. The molecule has 0 unspecified atom stereocenters. The molecule has 25 heavy (non-hydrogen) atoms. The van der Waals surface area contributed by atoms with Crippen molar-refractivity contribution >= 4 is 12.4 Å². The number of aromatic nitrogens is 2. The fourth-order valence-corrected chi connectivity index (χ4v) is 3.42. The van der Waals surface area contributed by atoms with Crippen molar-refractivity contribution in [2.24, 2.45) is 5.92 Å². The maximum absolute atomic E-state index is 13.3. The summed E-state index contributed by atoms with van der Waals surface area (Å²) in [6.07, 6.45) is 4.66. The molecular weight excluding hydrogens is 339 g/mol. The summed E-state index contributed by atoms with van der Waals surface area (Å²) in [5.41, 5.74) is 2.75. The van der Waals surface area contributed by atoms with Crippen LogP contribution in [0.15, 0.2) is 30.3 Å². The highest BCUT2D eigenvalue weighted by Crippen LogP contribution is 2.19. The summed E-state index contributed by atoms with van der Waals surface area (Å²) in [7, 11) is 2.22. The van der Waals surface area contributed by atoms with Gasteiger partial charge in [-0.1, -0.05) is 12.1 Å². The van der Waals surface area contributed by atoms with E-state index in [0.717, 1.165) is 55.3 Å². The number of benzene rings is 1. The fourth-order valence-electron chi connectivity index (χ4n) is 3.42. The Kier molecular flexibility index (Phi) is 7.88. The highest BCUT2D eigenvalue weighted by molar-refractivity contribution is 5.85. The van der Waals surface area contributed by atoms with Crippen molar-refractivity contribution in [2.75, 3.05) is 33.2 Å². The molecule has 1 aliphatic heterocycles. The molecule has 1 aromatic carbocycles. The van der Waals surface area contributed by atoms with Crippen molar-refractivity contribution in [1.82, 2.24) is 20.4 Å². The number of nitrogens with zero attached hydrogens (tertiary/aromatic N) is 2. The molecule has 3 rings (SSSR count). The minimum Gasteiger partial charge on any atom is -0.317 e. The Bertz CT molecular complexity index is 640. The lowest BCUT2D eigenvalue weighted by Crippen LogP contribution is -2.35. The molecule has 2 N–H and O–H groups in total. The molecule has 2 aromatic rings. The molecule has 6 heteroatoms. The van der Waals surface area contributed by atoms with Crippen molar-refractivity contribution in [3.63, 3.8) is 0 Å². The van der Waals surface area contributed by atoms with E-state index in [2.05, 4.69) is 27.5 Å². The van der Waals surface area contributed by atoms with Crippen LogP contribution < -0.4 is 5.32 Å². The molecule has 0 radical (unpaired) electrons. The Labute approximate surface area is 155 Å². The number of aromatic amines is 1. The normalized spacial score (nSPS) is 15.3. The fraction of sp³-hybridized carbons (Fsp3) is 0.526. The van der Waals surface area contributed by atoms with Crippen molar-refractivity contribution in [3.05, 3.63) is 41.8 Å². The molecule has 1 aliphatic rings. The highest BCUT2D eigenvalue weighted by atomic mass is 35.5. The number of piperidine rings is 1. The van der Waals surface area contributed by atoms with E-state index >= 15 is 0 Å². The van der Waals surface area contributed by atoms with Gasteiger partial charge in [-0.15, -0.1) is 12.4 Å². The van der Waals surface area contributed by atoms with Crippen LogP contribution >= 0.6 is 12.4 Å². The smallest absolute Gasteiger partial charge is 0.123 e. The topological polar surface area (TPSA) is 44.0 Å². The number of hydrogen-bond acceptors (Lipinski definition) is 3. The van der Waals surface area contributed by atoms with Gasteiger partial charge in [0, 0.05) is 17.8 Å². The third-order valence-electron chi connectivity index (χ3n) is 4.77. The summed E-state index contributed by atoms with van der Waals surface area (Å²) >= 11 is 0. The Morgan fingerprint density at radius 2 is 2.04 bits per heavy atom. The van der Waals surface area contributed by atoms with Gasteiger partial charge in [-0.25, -0.2) is 4.39 Å². The molecule has 1 fully saturated rings. The second kappa shape index (κ2) is 9.90. The highest BCUT2D eigenvalue weighted by Gasteiger charge is 2.14. The first-order valence-corrected chi connectivity index (χ1v) is 8.90. The van der Waals surface area contributed by atoms with Gasteiger partial charge in [0.1, 0.15) is 5.82 Å². The van der Waals surface area contributed by atoms with Gasteiger partial charge in [-0.2, -0.15) is 5.10 Å². The van der Waals surface area contributed by atoms with E-state index in [1.54, 1.807) is 6.07 Å². The van der Waals surface area contributed by atoms with E-state index in [1.807, 2.05) is 12.1 Å². The van der Waals surface area contributed by atoms with Crippen LogP contribution in [0.25, 0.3) is 11.3 Å². The van der Waals surface area contributed by atoms with Gasteiger partial charge in [0.2, 0.25) is 0 Å². The summed E-state index contributed by atoms with van der Waals surface area (Å²) in [4.78, 5) is 2.44. The Hall–Kier alpha value is -1.43. The number of nitrogens with one attached hydrogen (secondary N) is 2. The zero-order chi connectivity index (χ0) is 16.8. The van der Waals surface area contributed by atoms with Crippen LogP contribution in [0.1, 0.15) is 25.0 Å². The van der Waals surface area contributed by atoms with E-state index in [4.69, 9.17) is 0 Å². The van der Waals surface area contributed by atoms with Crippen molar-refractivity contribution < 1.29 is 4.39 Å². The molecule has 0 aliphatic carbocycles. The van der Waals surface area contributed by atoms with Crippen LogP contribution in [0.4, 0.5) is 4.39 Å². The van der Waals surface area contributed by atoms with E-state index in [1.165, 1.54) is 31.5 Å². The Balaban J connectivity index is 0.00000225. The zero-order valence-corrected chi connectivity index (χ0v) is 15.6. The molecule has 0 amide bonds. The maximum Gasteiger partial charge on any atom is 0.123 e. The van der Waals surface area contributed by atoms with Crippen LogP contribution in [0.3, 0.4) is 0 Å². The van der Waals surface area contributed by atoms with Gasteiger partial charge in [0.25, 0.3) is 0 Å². The minimum absolute atomic E-state index is 0. The summed E-state index contributed by atoms with van der Waals surface area (Å²) in [5, 5.41) is 10.8. The summed E-state index contributed by atoms with van der Waals surface area (Å²) in [5.74, 6) is 0.611. The average molecular weight is 367 g/mol. The van der Waals surface area contributed by atoms with Gasteiger partial charge in [0.15, 0.2) is 0 Å². The lowest BCUT2D eigenvalue weighted by Gasteiger charge is -2.27. The summed E-state index contributed by atoms with van der Waals surface area (Å²) in [6, 6.07) is 8.61. The van der Waals surface area contributed by atoms with Gasteiger partial charge in [-0.05, 0) is 76.5 Å². The number of aryl methyl sites for hydroxylation is 1. The van der Waals surface area contributed by atoms with E-state index < -0.39 is 0 Å². The summed E-state index contributed by atoms with van der Waals surface area (Å²) in [6.45, 7) is 4.61. The Morgan fingerprint density at radius 3 is 2.80 bits per heavy atom. The van der Waals surface area contributed by atoms with Crippen molar-refractivity contribution in [2.45, 2.75) is 25.7 Å². The molecular formula is C19H28ClFN4. The van der Waals surface area contributed by atoms with E-state index in [9.17, 15) is 4.39 Å². The first-order chi connectivity index (χ1) is 11.7. The van der Waals surface area contributed by atoms with Gasteiger partial charge in [0.05, 0.1) is 5.69 Å². The van der Waals surface area contributed by atoms with Crippen LogP contribution in [0, 0.1) is 11.7 Å². The molecule has 0 spiro atoms. The maximum atomic E-state index is 13.3. The lowest BCUT2D eigenvalue weighted by atomic mass is 9.97. The number of halogens is 2. The minimum atomic E-state index is -0.225. The first-order valence-electron chi connectivity index (χ1n) is 8.90. The van der Waals surface area contributed by atoms with Crippen molar-refractivity contribution in [1.29, 1.82) is 0 Å². The first kappa shape index (κ1) is 19.9. The largest absolute Gasteiger partial charge is 0.317 e. The second-order valence-electron chi connectivity index (χ2n) is 6.85. The molecule has 138 valence electrons. The van der Waals surface area contributed by atoms with Gasteiger partial charge < -0.3 is 10.2 Å². The van der Waals surface area contributed by atoms with Gasteiger partial charge in [-0.3, -0.25) is 5.10 Å². The summed E-state index contributed by atoms with van der Waals surface area (Å²) < 4.78 is 13.3. The predicted molar refractivity (Wildman–Crippen MR) is 103 cm³/mol. The number of hydrogen-bond donors (Lipinski definition) is 2. The van der Waals surface area contributed by atoms with E-state index in [-0.39, 0.29) is 18.2 Å². The molecule has 1 saturated heterocycles. The van der Waals surface area contributed by atoms with Crippen LogP contribution in [-0.2, 0) is 6.42 Å². The van der Waals surface area contributed by atoms with Gasteiger partial charge >= 0.3 is 0 Å². The number of H-pyrrole nitrogens is 1. The molecule has 0 saturated carbocycles. The van der Waals surface area contributed by atoms with Crippen LogP contribution in [0.5, 0.6) is 0 Å². The zero-order valence-electron chi connectivity index (χ0n) is 14.8. The average Bonchev–Trinajstić information content (AvgIpc) is 3.05. The standard InChI is InChI=1S/C19H27FN4.ClH/c1-24(14-15-7-9-21-10-8-15)11-3-6-18-13-19(23-22-18)16-4-2-5-17(20)12-16;/h2,4-5,12-13,15,21H,3,6-11,14H2,1H3,(H,22,23);1H. The second-order valence-corrected chi connectivity index (χ2v) is 6.85. The molecule has 1 aromatic heterocycles. The molecule has 2 heterocycles.